The molecule has 2 unspecified atom stereocenters. The molecule has 5 heteroatoms. The maximum Gasteiger partial charge on any atom is 0.254 e. The van der Waals surface area contributed by atoms with Gasteiger partial charge in [-0.05, 0) is 19.8 Å². The first-order chi connectivity index (χ1) is 8.59. The highest BCUT2D eigenvalue weighted by Crippen LogP contribution is 2.24. The van der Waals surface area contributed by atoms with Gasteiger partial charge in [0.2, 0.25) is 0 Å². The van der Waals surface area contributed by atoms with E-state index in [1.165, 1.54) is 19.3 Å². The second-order valence-electron chi connectivity index (χ2n) is 5.00. The van der Waals surface area contributed by atoms with Crippen LogP contribution in [0.2, 0.25) is 0 Å². The molecule has 1 aliphatic carbocycles. The second-order valence-corrected chi connectivity index (χ2v) is 6.18. The van der Waals surface area contributed by atoms with Crippen LogP contribution in [0.15, 0.2) is 6.20 Å². The van der Waals surface area contributed by atoms with E-state index in [1.807, 2.05) is 14.0 Å². The molecule has 0 spiro atoms. The summed E-state index contributed by atoms with van der Waals surface area (Å²) in [6.07, 6.45) is 7.54. The highest BCUT2D eigenvalue weighted by atomic mass is 79.9. The van der Waals surface area contributed by atoms with E-state index < -0.39 is 0 Å². The number of amides is 1. The van der Waals surface area contributed by atoms with E-state index in [-0.39, 0.29) is 11.9 Å². The minimum Gasteiger partial charge on any atom is -0.348 e. The van der Waals surface area contributed by atoms with Crippen LogP contribution in [0.3, 0.4) is 0 Å². The average molecular weight is 314 g/mol. The lowest BCUT2D eigenvalue weighted by atomic mass is 10.1. The summed E-state index contributed by atoms with van der Waals surface area (Å²) >= 11 is 3.69. The number of hydrogen-bond acceptors (Lipinski definition) is 2. The van der Waals surface area contributed by atoms with E-state index in [0.29, 0.717) is 10.4 Å². The quantitative estimate of drug-likeness (QED) is 0.674. The zero-order valence-electron chi connectivity index (χ0n) is 10.9. The summed E-state index contributed by atoms with van der Waals surface area (Å²) in [7, 11) is 1.85. The van der Waals surface area contributed by atoms with Gasteiger partial charge in [-0.3, -0.25) is 9.48 Å². The fraction of sp³-hybridized carbons (Fsp3) is 0.692. The monoisotopic (exact) mass is 313 g/mol. The number of hydrogen-bond donors (Lipinski definition) is 1. The van der Waals surface area contributed by atoms with Crippen molar-refractivity contribution >= 4 is 21.8 Å². The number of aromatic nitrogens is 2. The zero-order chi connectivity index (χ0) is 13.1. The van der Waals surface area contributed by atoms with Crippen molar-refractivity contribution in [2.45, 2.75) is 49.9 Å². The summed E-state index contributed by atoms with van der Waals surface area (Å²) in [6, 6.07) is 0.236. The number of carbonyl (C=O) groups excluding carboxylic acids is 1. The predicted octanol–water partition coefficient (Wildman–Crippen LogP) is 2.55. The van der Waals surface area contributed by atoms with Crippen molar-refractivity contribution in [1.82, 2.24) is 15.1 Å². The molecule has 2 rings (SSSR count). The Balaban J connectivity index is 2.04. The minimum absolute atomic E-state index is 0.00282. The fourth-order valence-electron chi connectivity index (χ4n) is 2.39. The van der Waals surface area contributed by atoms with Crippen LogP contribution in [0.1, 0.15) is 48.2 Å². The molecule has 0 radical (unpaired) electrons. The molecular formula is C13H20BrN3O. The molecular weight excluding hydrogens is 294 g/mol. The molecule has 0 aliphatic heterocycles. The number of nitrogens with one attached hydrogen (secondary N) is 1. The van der Waals surface area contributed by atoms with Crippen LogP contribution in [-0.2, 0) is 7.05 Å². The Kier molecular flexibility index (Phi) is 4.43. The second kappa shape index (κ2) is 5.87. The molecule has 1 fully saturated rings. The highest BCUT2D eigenvalue weighted by molar-refractivity contribution is 9.09. The first-order valence-corrected chi connectivity index (χ1v) is 7.44. The Bertz CT molecular complexity index is 430. The van der Waals surface area contributed by atoms with Crippen LogP contribution in [0.25, 0.3) is 0 Å². The van der Waals surface area contributed by atoms with Crippen LogP contribution in [-0.4, -0.2) is 26.6 Å². The van der Waals surface area contributed by atoms with Crippen LogP contribution in [0, 0.1) is 6.92 Å². The molecule has 0 bridgehead atoms. The van der Waals surface area contributed by atoms with E-state index >= 15 is 0 Å². The Labute approximate surface area is 116 Å². The summed E-state index contributed by atoms with van der Waals surface area (Å²) in [4.78, 5) is 12.6. The topological polar surface area (TPSA) is 46.9 Å². The van der Waals surface area contributed by atoms with E-state index in [1.54, 1.807) is 10.9 Å². The van der Waals surface area contributed by atoms with E-state index in [0.717, 1.165) is 18.5 Å². The van der Waals surface area contributed by atoms with Gasteiger partial charge in [-0.1, -0.05) is 35.2 Å². The molecule has 2 atom stereocenters. The molecule has 100 valence electrons. The predicted molar refractivity (Wildman–Crippen MR) is 75.0 cm³/mol. The molecule has 18 heavy (non-hydrogen) atoms. The minimum atomic E-state index is -0.00282. The van der Waals surface area contributed by atoms with Crippen molar-refractivity contribution in [2.75, 3.05) is 0 Å². The molecule has 1 N–H and O–H groups in total. The number of aryl methyl sites for hydroxylation is 1. The van der Waals surface area contributed by atoms with Crippen LogP contribution < -0.4 is 5.32 Å². The molecule has 0 aromatic carbocycles. The van der Waals surface area contributed by atoms with Gasteiger partial charge >= 0.3 is 0 Å². The van der Waals surface area contributed by atoms with Crippen molar-refractivity contribution < 1.29 is 4.79 Å². The largest absolute Gasteiger partial charge is 0.348 e. The first-order valence-electron chi connectivity index (χ1n) is 6.53. The van der Waals surface area contributed by atoms with Gasteiger partial charge in [0.05, 0.1) is 11.8 Å². The normalized spacial score (nSPS) is 24.6. The third kappa shape index (κ3) is 2.94. The Morgan fingerprint density at radius 2 is 2.17 bits per heavy atom. The number of rotatable bonds is 2. The van der Waals surface area contributed by atoms with Crippen molar-refractivity contribution in [1.29, 1.82) is 0 Å². The lowest BCUT2D eigenvalue weighted by molar-refractivity contribution is 0.0934. The molecule has 1 aromatic heterocycles. The van der Waals surface area contributed by atoms with Crippen molar-refractivity contribution in [3.05, 3.63) is 17.5 Å². The standard InChI is InChI=1S/C13H20BrN3O/c1-9-10(8-15-17(9)2)13(18)16-12-7-5-3-4-6-11(12)14/h8,11-12H,3-7H2,1-2H3,(H,16,18). The van der Waals surface area contributed by atoms with Crippen LogP contribution >= 0.6 is 15.9 Å². The van der Waals surface area contributed by atoms with Gasteiger partial charge in [0.1, 0.15) is 0 Å². The summed E-state index contributed by atoms with van der Waals surface area (Å²) in [5.41, 5.74) is 1.59. The van der Waals surface area contributed by atoms with Gasteiger partial charge in [-0.2, -0.15) is 5.10 Å². The number of alkyl halides is 1. The van der Waals surface area contributed by atoms with E-state index in [2.05, 4.69) is 26.3 Å². The zero-order valence-corrected chi connectivity index (χ0v) is 12.5. The summed E-state index contributed by atoms with van der Waals surface area (Å²) < 4.78 is 1.73. The van der Waals surface area contributed by atoms with Gasteiger partial charge in [0, 0.05) is 23.6 Å². The van der Waals surface area contributed by atoms with Crippen LogP contribution in [0.4, 0.5) is 0 Å². The first kappa shape index (κ1) is 13.6. The number of carbonyl (C=O) groups is 1. The Morgan fingerprint density at radius 3 is 2.83 bits per heavy atom. The summed E-state index contributed by atoms with van der Waals surface area (Å²) in [5.74, 6) is -0.00282. The molecule has 1 heterocycles. The maximum absolute atomic E-state index is 12.2. The highest BCUT2D eigenvalue weighted by Gasteiger charge is 2.24. The molecule has 4 nitrogen and oxygen atoms in total. The smallest absolute Gasteiger partial charge is 0.254 e. The van der Waals surface area contributed by atoms with Crippen molar-refractivity contribution in [3.8, 4) is 0 Å². The van der Waals surface area contributed by atoms with Gasteiger partial charge in [0.25, 0.3) is 5.91 Å². The Hall–Kier alpha value is -0.840. The fourth-order valence-corrected chi connectivity index (χ4v) is 3.11. The van der Waals surface area contributed by atoms with E-state index in [4.69, 9.17) is 0 Å². The number of halogens is 1. The molecule has 1 saturated carbocycles. The third-order valence-electron chi connectivity index (χ3n) is 3.73. The Morgan fingerprint density at radius 1 is 1.44 bits per heavy atom. The average Bonchev–Trinajstić information content (AvgIpc) is 2.55. The molecule has 1 aliphatic rings. The summed E-state index contributed by atoms with van der Waals surface area (Å²) in [5, 5.41) is 7.25. The van der Waals surface area contributed by atoms with Crippen molar-refractivity contribution in [2.24, 2.45) is 7.05 Å². The van der Waals surface area contributed by atoms with E-state index in [9.17, 15) is 4.79 Å². The van der Waals surface area contributed by atoms with Gasteiger partial charge in [-0.15, -0.1) is 0 Å². The van der Waals surface area contributed by atoms with Gasteiger partial charge in [-0.25, -0.2) is 0 Å². The summed E-state index contributed by atoms with van der Waals surface area (Å²) in [6.45, 7) is 1.92. The molecule has 1 amide bonds. The van der Waals surface area contributed by atoms with Crippen molar-refractivity contribution in [3.63, 3.8) is 0 Å². The maximum atomic E-state index is 12.2. The van der Waals surface area contributed by atoms with Crippen LogP contribution in [0.5, 0.6) is 0 Å². The lowest BCUT2D eigenvalue weighted by Crippen LogP contribution is -2.40. The third-order valence-corrected chi connectivity index (χ3v) is 4.82. The van der Waals surface area contributed by atoms with Gasteiger partial charge in [0.15, 0.2) is 0 Å². The SMILES string of the molecule is Cc1c(C(=O)NC2CCCCCC2Br)cnn1C. The number of nitrogens with zero attached hydrogens (tertiary/aromatic N) is 2. The molecule has 0 saturated heterocycles. The molecule has 1 aromatic rings. The van der Waals surface area contributed by atoms with Gasteiger partial charge < -0.3 is 5.32 Å². The lowest BCUT2D eigenvalue weighted by Gasteiger charge is -2.21.